The number of halogens is 3. The number of alkyl halides is 3. The number of nitrogens with zero attached hydrogens (tertiary/aromatic N) is 1. The number of carboxylic acid groups (broad SMARTS) is 2. The Labute approximate surface area is 102 Å². The molecule has 0 amide bonds. The largest absolute Gasteiger partial charge is 0.542 e. The molecule has 0 radical (unpaired) electrons. The van der Waals surface area contributed by atoms with Gasteiger partial charge in [-0.15, -0.1) is 0 Å². The van der Waals surface area contributed by atoms with Crippen LogP contribution in [0.5, 0.6) is 0 Å². The molecule has 0 aliphatic heterocycles. The molecular formula is C9H17F3N2O4. The zero-order valence-electron chi connectivity index (χ0n) is 10.3. The minimum absolute atomic E-state index is 0.527. The van der Waals surface area contributed by atoms with Crippen molar-refractivity contribution in [2.24, 2.45) is 5.73 Å². The summed E-state index contributed by atoms with van der Waals surface area (Å²) < 4.78 is 32.3. The number of aliphatic carboxylic acids is 2. The smallest absolute Gasteiger partial charge is 0.430 e. The van der Waals surface area contributed by atoms with Gasteiger partial charge in [-0.1, -0.05) is 0 Å². The third-order valence-electron chi connectivity index (χ3n) is 1.66. The SMILES string of the molecule is C[N+](C)(C)CC[C@H](N)C(=O)O.O=C([O-])C(F)(F)F. The molecule has 6 nitrogen and oxygen atoms in total. The van der Waals surface area contributed by atoms with Crippen LogP contribution < -0.4 is 10.8 Å². The van der Waals surface area contributed by atoms with Gasteiger partial charge in [-0.3, -0.25) is 4.79 Å². The topological polar surface area (TPSA) is 103 Å². The van der Waals surface area contributed by atoms with Gasteiger partial charge in [-0.25, -0.2) is 0 Å². The highest BCUT2D eigenvalue weighted by Gasteiger charge is 2.28. The number of rotatable bonds is 4. The minimum atomic E-state index is -5.19. The summed E-state index contributed by atoms with van der Waals surface area (Å²) in [5, 5.41) is 17.2. The van der Waals surface area contributed by atoms with Gasteiger partial charge in [0.15, 0.2) is 0 Å². The highest BCUT2D eigenvalue weighted by atomic mass is 19.4. The fraction of sp³-hybridized carbons (Fsp3) is 0.778. The zero-order chi connectivity index (χ0) is 15.1. The number of carbonyl (C=O) groups is 2. The van der Waals surface area contributed by atoms with Gasteiger partial charge in [0.05, 0.1) is 27.7 Å². The van der Waals surface area contributed by atoms with E-state index in [4.69, 9.17) is 20.7 Å². The lowest BCUT2D eigenvalue weighted by Gasteiger charge is -2.24. The molecule has 0 saturated carbocycles. The third kappa shape index (κ3) is 12.7. The Balaban J connectivity index is 0. The van der Waals surface area contributed by atoms with E-state index in [9.17, 15) is 18.0 Å². The second-order valence-corrected chi connectivity index (χ2v) is 4.53. The van der Waals surface area contributed by atoms with Crippen LogP contribution in [0.4, 0.5) is 13.2 Å². The monoisotopic (exact) mass is 274 g/mol. The summed E-state index contributed by atoms with van der Waals surface area (Å²) >= 11 is 0. The molecule has 1 atom stereocenters. The predicted molar refractivity (Wildman–Crippen MR) is 54.2 cm³/mol. The number of hydrogen-bond donors (Lipinski definition) is 2. The predicted octanol–water partition coefficient (Wildman–Crippen LogP) is -1.21. The average molecular weight is 274 g/mol. The van der Waals surface area contributed by atoms with Crippen LogP contribution in [0.25, 0.3) is 0 Å². The van der Waals surface area contributed by atoms with Crippen molar-refractivity contribution < 1.29 is 37.5 Å². The molecule has 0 bridgehead atoms. The van der Waals surface area contributed by atoms with E-state index in [0.717, 1.165) is 11.0 Å². The molecule has 0 rings (SSSR count). The van der Waals surface area contributed by atoms with Gasteiger partial charge in [-0.2, -0.15) is 13.2 Å². The normalized spacial score (nSPS) is 13.3. The number of nitrogens with two attached hydrogens (primary N) is 1. The fourth-order valence-electron chi connectivity index (χ4n) is 0.650. The molecule has 0 saturated heterocycles. The van der Waals surface area contributed by atoms with Crippen molar-refractivity contribution in [2.45, 2.75) is 18.6 Å². The van der Waals surface area contributed by atoms with Crippen molar-refractivity contribution in [3.05, 3.63) is 0 Å². The van der Waals surface area contributed by atoms with E-state index in [1.165, 1.54) is 0 Å². The van der Waals surface area contributed by atoms with Crippen LogP contribution in [0.1, 0.15) is 6.42 Å². The van der Waals surface area contributed by atoms with Crippen molar-refractivity contribution in [3.8, 4) is 0 Å². The molecule has 3 N–H and O–H groups in total. The van der Waals surface area contributed by atoms with Gasteiger partial charge in [0.25, 0.3) is 0 Å². The number of carbonyl (C=O) groups excluding carboxylic acids is 1. The van der Waals surface area contributed by atoms with Crippen LogP contribution in [0.2, 0.25) is 0 Å². The molecule has 0 fully saturated rings. The molecular weight excluding hydrogens is 257 g/mol. The van der Waals surface area contributed by atoms with E-state index in [1.807, 2.05) is 21.1 Å². The summed E-state index contributed by atoms with van der Waals surface area (Å²) in [6, 6.07) is -0.715. The second kappa shape index (κ2) is 7.17. The van der Waals surface area contributed by atoms with Crippen molar-refractivity contribution >= 4 is 11.9 Å². The standard InChI is InChI=1S/C7H16N2O2.C2HF3O2/c1-9(2,3)5-4-6(8)7(10)11;3-2(4,5)1(6)7/h6H,4-5,8H2,1-3H3;(H,6,7)/t6-;/m0./s1. The Morgan fingerprint density at radius 2 is 1.67 bits per heavy atom. The highest BCUT2D eigenvalue weighted by Crippen LogP contribution is 2.11. The Kier molecular flexibility index (Phi) is 7.56. The van der Waals surface area contributed by atoms with Crippen LogP contribution in [0, 0.1) is 0 Å². The molecule has 0 spiro atoms. The quantitative estimate of drug-likeness (QED) is 0.626. The summed E-state index contributed by atoms with van der Waals surface area (Å²) in [5.41, 5.74) is 5.31. The summed E-state index contributed by atoms with van der Waals surface area (Å²) in [7, 11) is 6.03. The lowest BCUT2D eigenvalue weighted by molar-refractivity contribution is -0.870. The maximum absolute atomic E-state index is 10.5. The van der Waals surface area contributed by atoms with Gasteiger partial charge in [0.1, 0.15) is 12.0 Å². The molecule has 0 aliphatic rings. The Hall–Kier alpha value is -1.35. The Morgan fingerprint density at radius 1 is 1.33 bits per heavy atom. The number of quaternary nitrogens is 1. The van der Waals surface area contributed by atoms with Gasteiger partial charge < -0.3 is 25.2 Å². The first-order chi connectivity index (χ1) is 7.77. The van der Waals surface area contributed by atoms with E-state index in [-0.39, 0.29) is 0 Å². The zero-order valence-corrected chi connectivity index (χ0v) is 10.3. The molecule has 9 heteroatoms. The second-order valence-electron chi connectivity index (χ2n) is 4.53. The summed E-state index contributed by atoms with van der Waals surface area (Å²) in [6.07, 6.45) is -4.67. The Morgan fingerprint density at radius 3 is 1.83 bits per heavy atom. The van der Waals surface area contributed by atoms with Crippen LogP contribution in [-0.4, -0.2) is 61.4 Å². The molecule has 0 aromatic carbocycles. The van der Waals surface area contributed by atoms with E-state index in [0.29, 0.717) is 6.42 Å². The summed E-state index contributed by atoms with van der Waals surface area (Å²) in [5.74, 6) is -3.93. The molecule has 0 aromatic heterocycles. The summed E-state index contributed by atoms with van der Waals surface area (Å²) in [4.78, 5) is 19.1. The van der Waals surface area contributed by atoms with Crippen molar-refractivity contribution in [2.75, 3.05) is 27.7 Å². The maximum atomic E-state index is 10.5. The van der Waals surface area contributed by atoms with Crippen molar-refractivity contribution in [3.63, 3.8) is 0 Å². The average Bonchev–Trinajstić information content (AvgIpc) is 2.12. The Bertz CT molecular complexity index is 287. The molecule has 0 aliphatic carbocycles. The molecule has 0 aromatic rings. The minimum Gasteiger partial charge on any atom is -0.542 e. The molecule has 108 valence electrons. The van der Waals surface area contributed by atoms with Crippen LogP contribution in [0.3, 0.4) is 0 Å². The molecule has 18 heavy (non-hydrogen) atoms. The van der Waals surface area contributed by atoms with Crippen LogP contribution in [0.15, 0.2) is 0 Å². The van der Waals surface area contributed by atoms with E-state index >= 15 is 0 Å². The fourth-order valence-corrected chi connectivity index (χ4v) is 0.650. The lowest BCUT2D eigenvalue weighted by atomic mass is 10.2. The highest BCUT2D eigenvalue weighted by molar-refractivity contribution is 5.72. The molecule has 0 heterocycles. The van der Waals surface area contributed by atoms with Crippen LogP contribution >= 0.6 is 0 Å². The summed E-state index contributed by atoms with van der Waals surface area (Å²) in [6.45, 7) is 0.785. The van der Waals surface area contributed by atoms with Crippen LogP contribution in [-0.2, 0) is 9.59 Å². The van der Waals surface area contributed by atoms with Crippen molar-refractivity contribution in [1.82, 2.24) is 0 Å². The van der Waals surface area contributed by atoms with E-state index in [1.54, 1.807) is 0 Å². The van der Waals surface area contributed by atoms with Gasteiger partial charge >= 0.3 is 12.1 Å². The van der Waals surface area contributed by atoms with Crippen molar-refractivity contribution in [1.29, 1.82) is 0 Å². The van der Waals surface area contributed by atoms with Gasteiger partial charge in [-0.05, 0) is 0 Å². The lowest BCUT2D eigenvalue weighted by Crippen LogP contribution is -2.41. The third-order valence-corrected chi connectivity index (χ3v) is 1.66. The number of carboxylic acids is 2. The van der Waals surface area contributed by atoms with Gasteiger partial charge in [0.2, 0.25) is 0 Å². The maximum Gasteiger partial charge on any atom is 0.430 e. The molecule has 0 unspecified atom stereocenters. The first-order valence-electron chi connectivity index (χ1n) is 4.84. The van der Waals surface area contributed by atoms with E-state index in [2.05, 4.69) is 0 Å². The first kappa shape index (κ1) is 19.0. The van der Waals surface area contributed by atoms with Gasteiger partial charge in [0, 0.05) is 6.42 Å². The number of hydrogen-bond acceptors (Lipinski definition) is 4. The first-order valence-corrected chi connectivity index (χ1v) is 4.84. The van der Waals surface area contributed by atoms with E-state index < -0.39 is 24.2 Å².